The van der Waals surface area contributed by atoms with E-state index >= 15 is 0 Å². The van der Waals surface area contributed by atoms with Gasteiger partial charge in [0.2, 0.25) is 0 Å². The first-order chi connectivity index (χ1) is 8.54. The highest BCUT2D eigenvalue weighted by atomic mass is 32.1. The van der Waals surface area contributed by atoms with Gasteiger partial charge in [-0.2, -0.15) is 0 Å². The van der Waals surface area contributed by atoms with E-state index in [1.165, 1.54) is 22.3 Å². The number of aromatic nitrogens is 1. The Bertz CT molecular complexity index is 419. The minimum atomic E-state index is -1.06. The van der Waals surface area contributed by atoms with Gasteiger partial charge in [0.15, 0.2) is 0 Å². The molecule has 7 heteroatoms. The lowest BCUT2D eigenvalue weighted by molar-refractivity contribution is -0.137. The Morgan fingerprint density at radius 2 is 2.44 bits per heavy atom. The van der Waals surface area contributed by atoms with E-state index in [2.05, 4.69) is 16.9 Å². The monoisotopic (exact) mass is 269 g/mol. The molecular weight excluding hydrogens is 254 g/mol. The van der Waals surface area contributed by atoms with Crippen LogP contribution in [0.25, 0.3) is 0 Å². The van der Waals surface area contributed by atoms with E-state index in [-0.39, 0.29) is 19.1 Å². The number of thiazole rings is 1. The van der Waals surface area contributed by atoms with E-state index in [4.69, 9.17) is 5.11 Å². The van der Waals surface area contributed by atoms with Crippen molar-refractivity contribution in [3.05, 3.63) is 29.2 Å². The molecule has 1 aromatic heterocycles. The number of aliphatic carboxylic acids is 1. The zero-order valence-electron chi connectivity index (χ0n) is 10.00. The number of rotatable bonds is 6. The Morgan fingerprint density at radius 1 is 1.72 bits per heavy atom. The molecule has 1 aromatic rings. The predicted molar refractivity (Wildman–Crippen MR) is 68.5 cm³/mol. The number of carboxylic acid groups (broad SMARTS) is 1. The lowest BCUT2D eigenvalue weighted by Gasteiger charge is -2.21. The largest absolute Gasteiger partial charge is 0.480 e. The highest BCUT2D eigenvalue weighted by molar-refractivity contribution is 7.09. The molecule has 0 bridgehead atoms. The van der Waals surface area contributed by atoms with Crippen molar-refractivity contribution in [1.29, 1.82) is 0 Å². The second kappa shape index (κ2) is 6.75. The quantitative estimate of drug-likeness (QED) is 0.766. The third-order valence-electron chi connectivity index (χ3n) is 2.12. The maximum absolute atomic E-state index is 11.9. The first-order valence-electron chi connectivity index (χ1n) is 5.32. The van der Waals surface area contributed by atoms with E-state index in [1.54, 1.807) is 13.1 Å². The summed E-state index contributed by atoms with van der Waals surface area (Å²) in [6, 6.07) is -0.696. The summed E-state index contributed by atoms with van der Waals surface area (Å²) in [5.74, 6) is -1.06. The molecule has 0 aliphatic heterocycles. The average Bonchev–Trinajstić information content (AvgIpc) is 2.81. The number of hydrogen-bond donors (Lipinski definition) is 2. The van der Waals surface area contributed by atoms with Gasteiger partial charge in [-0.15, -0.1) is 17.9 Å². The molecule has 0 saturated heterocycles. The maximum atomic E-state index is 11.9. The summed E-state index contributed by atoms with van der Waals surface area (Å²) in [5, 5.41) is 14.0. The summed E-state index contributed by atoms with van der Waals surface area (Å²) in [4.78, 5) is 27.7. The summed E-state index contributed by atoms with van der Waals surface area (Å²) in [5.41, 5.74) is 0. The maximum Gasteiger partial charge on any atom is 0.323 e. The SMILES string of the molecule is C=CCN(CC(=O)O)C(=O)NC(C)c1nccs1. The summed E-state index contributed by atoms with van der Waals surface area (Å²) < 4.78 is 0. The molecule has 6 nitrogen and oxygen atoms in total. The molecule has 0 aromatic carbocycles. The van der Waals surface area contributed by atoms with Crippen molar-refractivity contribution in [3.8, 4) is 0 Å². The summed E-state index contributed by atoms with van der Waals surface area (Å²) >= 11 is 1.43. The van der Waals surface area contributed by atoms with Crippen molar-refractivity contribution < 1.29 is 14.7 Å². The Labute approximate surface area is 109 Å². The molecule has 1 atom stereocenters. The second-order valence-electron chi connectivity index (χ2n) is 3.60. The van der Waals surface area contributed by atoms with Crippen molar-refractivity contribution in [2.24, 2.45) is 0 Å². The Balaban J connectivity index is 2.60. The number of amides is 2. The van der Waals surface area contributed by atoms with E-state index in [0.717, 1.165) is 5.01 Å². The van der Waals surface area contributed by atoms with Crippen LogP contribution in [0.3, 0.4) is 0 Å². The van der Waals surface area contributed by atoms with E-state index < -0.39 is 12.0 Å². The lowest BCUT2D eigenvalue weighted by Crippen LogP contribution is -2.43. The third kappa shape index (κ3) is 4.17. The number of urea groups is 1. The van der Waals surface area contributed by atoms with E-state index in [9.17, 15) is 9.59 Å². The molecule has 0 spiro atoms. The van der Waals surface area contributed by atoms with Gasteiger partial charge in [-0.1, -0.05) is 6.08 Å². The fourth-order valence-electron chi connectivity index (χ4n) is 1.32. The first-order valence-corrected chi connectivity index (χ1v) is 6.20. The van der Waals surface area contributed by atoms with Gasteiger partial charge < -0.3 is 15.3 Å². The molecule has 1 unspecified atom stereocenters. The normalized spacial score (nSPS) is 11.6. The van der Waals surface area contributed by atoms with Gasteiger partial charge in [0.05, 0.1) is 6.04 Å². The van der Waals surface area contributed by atoms with Crippen LogP contribution in [0.15, 0.2) is 24.2 Å². The average molecular weight is 269 g/mol. The minimum Gasteiger partial charge on any atom is -0.480 e. The Hall–Kier alpha value is -1.89. The molecule has 2 amide bonds. The van der Waals surface area contributed by atoms with Crippen LogP contribution in [0.2, 0.25) is 0 Å². The number of carboxylic acids is 1. The fourth-order valence-corrected chi connectivity index (χ4v) is 1.97. The van der Waals surface area contributed by atoms with Crippen LogP contribution in [0.5, 0.6) is 0 Å². The molecule has 0 radical (unpaired) electrons. The molecule has 2 N–H and O–H groups in total. The van der Waals surface area contributed by atoms with Crippen molar-refractivity contribution >= 4 is 23.3 Å². The highest BCUT2D eigenvalue weighted by Crippen LogP contribution is 2.14. The van der Waals surface area contributed by atoms with Crippen LogP contribution in [0.1, 0.15) is 18.0 Å². The first kappa shape index (κ1) is 14.2. The van der Waals surface area contributed by atoms with Crippen LogP contribution in [0, 0.1) is 0 Å². The number of nitrogens with one attached hydrogen (secondary N) is 1. The summed E-state index contributed by atoms with van der Waals surface area (Å²) in [6.45, 7) is 5.11. The molecular formula is C11H15N3O3S. The van der Waals surface area contributed by atoms with E-state index in [1.807, 2.05) is 5.38 Å². The third-order valence-corrected chi connectivity index (χ3v) is 3.08. The van der Waals surface area contributed by atoms with Crippen molar-refractivity contribution in [2.45, 2.75) is 13.0 Å². The standard InChI is InChI=1S/C11H15N3O3S/c1-3-5-14(7-9(15)16)11(17)13-8(2)10-12-4-6-18-10/h3-4,6,8H,1,5,7H2,2H3,(H,13,17)(H,15,16). The number of hydrogen-bond acceptors (Lipinski definition) is 4. The van der Waals surface area contributed by atoms with Crippen LogP contribution >= 0.6 is 11.3 Å². The van der Waals surface area contributed by atoms with E-state index in [0.29, 0.717) is 0 Å². The summed E-state index contributed by atoms with van der Waals surface area (Å²) in [6.07, 6.45) is 3.14. The predicted octanol–water partition coefficient (Wildman–Crippen LogP) is 1.49. The lowest BCUT2D eigenvalue weighted by atomic mass is 10.3. The molecule has 98 valence electrons. The van der Waals surface area contributed by atoms with Crippen LogP contribution in [-0.4, -0.2) is 40.1 Å². The minimum absolute atomic E-state index is 0.183. The van der Waals surface area contributed by atoms with Gasteiger partial charge in [-0.3, -0.25) is 4.79 Å². The van der Waals surface area contributed by atoms with Gasteiger partial charge >= 0.3 is 12.0 Å². The van der Waals surface area contributed by atoms with Gasteiger partial charge in [0, 0.05) is 18.1 Å². The molecule has 0 fully saturated rings. The van der Waals surface area contributed by atoms with Gasteiger partial charge in [0.1, 0.15) is 11.6 Å². The highest BCUT2D eigenvalue weighted by Gasteiger charge is 2.18. The molecule has 18 heavy (non-hydrogen) atoms. The van der Waals surface area contributed by atoms with Crippen molar-refractivity contribution in [3.63, 3.8) is 0 Å². The van der Waals surface area contributed by atoms with Gasteiger partial charge in [-0.25, -0.2) is 9.78 Å². The molecule has 0 aliphatic rings. The zero-order chi connectivity index (χ0) is 13.5. The Morgan fingerprint density at radius 3 is 2.94 bits per heavy atom. The molecule has 1 heterocycles. The number of nitrogens with zero attached hydrogens (tertiary/aromatic N) is 2. The molecule has 1 rings (SSSR count). The van der Waals surface area contributed by atoms with Crippen LogP contribution < -0.4 is 5.32 Å². The number of carbonyl (C=O) groups excluding carboxylic acids is 1. The second-order valence-corrected chi connectivity index (χ2v) is 4.53. The zero-order valence-corrected chi connectivity index (χ0v) is 10.8. The summed E-state index contributed by atoms with van der Waals surface area (Å²) in [7, 11) is 0. The van der Waals surface area contributed by atoms with Gasteiger partial charge in [-0.05, 0) is 6.92 Å². The molecule has 0 saturated carbocycles. The van der Waals surface area contributed by atoms with Crippen molar-refractivity contribution in [1.82, 2.24) is 15.2 Å². The molecule has 0 aliphatic carbocycles. The van der Waals surface area contributed by atoms with Crippen LogP contribution in [-0.2, 0) is 4.79 Å². The topological polar surface area (TPSA) is 82.5 Å². The Kier molecular flexibility index (Phi) is 5.31. The smallest absolute Gasteiger partial charge is 0.323 e. The van der Waals surface area contributed by atoms with Gasteiger partial charge in [0.25, 0.3) is 0 Å². The van der Waals surface area contributed by atoms with Crippen molar-refractivity contribution in [2.75, 3.05) is 13.1 Å². The fraction of sp³-hybridized carbons (Fsp3) is 0.364. The number of carbonyl (C=O) groups is 2. The van der Waals surface area contributed by atoms with Crippen LogP contribution in [0.4, 0.5) is 4.79 Å².